The van der Waals surface area contributed by atoms with Crippen LogP contribution in [0.15, 0.2) is 0 Å². The smallest absolute Gasteiger partial charge is 0.335 e. The Bertz CT molecular complexity index is 113. The van der Waals surface area contributed by atoms with Gasteiger partial charge in [-0.05, 0) is 6.92 Å². The van der Waals surface area contributed by atoms with Gasteiger partial charge in [0.2, 0.25) is 0 Å². The largest absolute Gasteiger partial charge is 0.461 e. The van der Waals surface area contributed by atoms with Crippen LogP contribution in [0, 0.1) is 0 Å². The molecular formula is C7H14O4. The van der Waals surface area contributed by atoms with Crippen molar-refractivity contribution in [3.8, 4) is 0 Å². The first kappa shape index (κ1) is 10.4. The standard InChI is InChI=1S/C7H14O4/c1-6(10-3)7(8)11-5-4-9-2/h6H,4-5H2,1-3H3/t6-/m1/s1. The van der Waals surface area contributed by atoms with Gasteiger partial charge in [-0.15, -0.1) is 0 Å². The van der Waals surface area contributed by atoms with Crippen molar-refractivity contribution in [3.63, 3.8) is 0 Å². The van der Waals surface area contributed by atoms with Gasteiger partial charge in [0.1, 0.15) is 6.61 Å². The third-order valence-corrected chi connectivity index (χ3v) is 1.22. The summed E-state index contributed by atoms with van der Waals surface area (Å²) in [5, 5.41) is 0. The van der Waals surface area contributed by atoms with Crippen LogP contribution in [0.1, 0.15) is 6.92 Å². The molecule has 0 bridgehead atoms. The van der Waals surface area contributed by atoms with Crippen LogP contribution in [0.4, 0.5) is 0 Å². The minimum atomic E-state index is -0.494. The molecule has 0 N–H and O–H groups in total. The fourth-order valence-electron chi connectivity index (χ4n) is 0.439. The molecule has 0 spiro atoms. The zero-order valence-corrected chi connectivity index (χ0v) is 7.12. The molecule has 0 aliphatic heterocycles. The Hall–Kier alpha value is -0.610. The molecule has 1 atom stereocenters. The first-order chi connectivity index (χ1) is 5.22. The summed E-state index contributed by atoms with van der Waals surface area (Å²) in [7, 11) is 3.01. The van der Waals surface area contributed by atoms with E-state index in [-0.39, 0.29) is 12.6 Å². The fraction of sp³-hybridized carbons (Fsp3) is 0.857. The summed E-state index contributed by atoms with van der Waals surface area (Å²) in [5.74, 6) is -0.357. The van der Waals surface area contributed by atoms with E-state index in [4.69, 9.17) is 9.47 Å². The van der Waals surface area contributed by atoms with Gasteiger partial charge < -0.3 is 14.2 Å². The second kappa shape index (κ2) is 6.12. The summed E-state index contributed by atoms with van der Waals surface area (Å²) >= 11 is 0. The zero-order chi connectivity index (χ0) is 8.69. The number of hydrogen-bond acceptors (Lipinski definition) is 4. The molecule has 4 nitrogen and oxygen atoms in total. The van der Waals surface area contributed by atoms with Gasteiger partial charge >= 0.3 is 5.97 Å². The van der Waals surface area contributed by atoms with Crippen LogP contribution >= 0.6 is 0 Å². The Morgan fingerprint density at radius 2 is 2.00 bits per heavy atom. The van der Waals surface area contributed by atoms with Gasteiger partial charge in [-0.3, -0.25) is 0 Å². The highest BCUT2D eigenvalue weighted by atomic mass is 16.6. The molecular weight excluding hydrogens is 148 g/mol. The van der Waals surface area contributed by atoms with E-state index in [2.05, 4.69) is 4.74 Å². The highest BCUT2D eigenvalue weighted by molar-refractivity contribution is 5.74. The molecule has 4 heteroatoms. The summed E-state index contributed by atoms with van der Waals surface area (Å²) in [6.45, 7) is 2.33. The van der Waals surface area contributed by atoms with E-state index in [0.29, 0.717) is 6.61 Å². The molecule has 0 aliphatic rings. The maximum atomic E-state index is 10.8. The van der Waals surface area contributed by atoms with Gasteiger partial charge in [0.05, 0.1) is 6.61 Å². The minimum Gasteiger partial charge on any atom is -0.461 e. The SMILES string of the molecule is COCCOC(=O)[C@@H](C)OC. The van der Waals surface area contributed by atoms with Crippen molar-refractivity contribution in [2.24, 2.45) is 0 Å². The first-order valence-electron chi connectivity index (χ1n) is 3.40. The minimum absolute atomic E-state index is 0.281. The Balaban J connectivity index is 3.36. The fourth-order valence-corrected chi connectivity index (χ4v) is 0.439. The average Bonchev–Trinajstić information content (AvgIpc) is 2.03. The molecule has 66 valence electrons. The van der Waals surface area contributed by atoms with Crippen LogP contribution < -0.4 is 0 Å². The number of hydrogen-bond donors (Lipinski definition) is 0. The van der Waals surface area contributed by atoms with Crippen LogP contribution in [-0.4, -0.2) is 39.5 Å². The van der Waals surface area contributed by atoms with E-state index in [1.54, 1.807) is 14.0 Å². The van der Waals surface area contributed by atoms with Crippen molar-refractivity contribution in [2.45, 2.75) is 13.0 Å². The Morgan fingerprint density at radius 1 is 1.36 bits per heavy atom. The second-order valence-corrected chi connectivity index (χ2v) is 2.04. The summed E-state index contributed by atoms with van der Waals surface area (Å²) in [5.41, 5.74) is 0. The molecule has 0 aliphatic carbocycles. The molecule has 0 aromatic rings. The second-order valence-electron chi connectivity index (χ2n) is 2.04. The van der Waals surface area contributed by atoms with Gasteiger partial charge in [0.15, 0.2) is 6.10 Å². The van der Waals surface area contributed by atoms with E-state index >= 15 is 0 Å². The van der Waals surface area contributed by atoms with Crippen molar-refractivity contribution in [3.05, 3.63) is 0 Å². The number of carbonyl (C=O) groups is 1. The molecule has 0 aromatic carbocycles. The van der Waals surface area contributed by atoms with Gasteiger partial charge in [0, 0.05) is 14.2 Å². The van der Waals surface area contributed by atoms with E-state index in [0.717, 1.165) is 0 Å². The predicted molar refractivity (Wildman–Crippen MR) is 39.3 cm³/mol. The normalized spacial score (nSPS) is 12.6. The van der Waals surface area contributed by atoms with Crippen molar-refractivity contribution < 1.29 is 19.0 Å². The topological polar surface area (TPSA) is 44.8 Å². The lowest BCUT2D eigenvalue weighted by molar-refractivity contribution is -0.155. The first-order valence-corrected chi connectivity index (χ1v) is 3.40. The molecule has 0 rings (SSSR count). The Morgan fingerprint density at radius 3 is 2.45 bits per heavy atom. The number of carbonyl (C=O) groups excluding carboxylic acids is 1. The summed E-state index contributed by atoms with van der Waals surface area (Å²) in [4.78, 5) is 10.8. The van der Waals surface area contributed by atoms with Crippen molar-refractivity contribution in [2.75, 3.05) is 27.4 Å². The van der Waals surface area contributed by atoms with E-state index in [1.807, 2.05) is 0 Å². The zero-order valence-electron chi connectivity index (χ0n) is 7.12. The maximum Gasteiger partial charge on any atom is 0.335 e. The van der Waals surface area contributed by atoms with Crippen LogP contribution in [0.5, 0.6) is 0 Å². The monoisotopic (exact) mass is 162 g/mol. The van der Waals surface area contributed by atoms with Gasteiger partial charge in [-0.1, -0.05) is 0 Å². The Labute approximate surface area is 66.4 Å². The van der Waals surface area contributed by atoms with Gasteiger partial charge in [0.25, 0.3) is 0 Å². The van der Waals surface area contributed by atoms with E-state index in [9.17, 15) is 4.79 Å². The Kier molecular flexibility index (Phi) is 5.78. The summed E-state index contributed by atoms with van der Waals surface area (Å²) in [6, 6.07) is 0. The van der Waals surface area contributed by atoms with E-state index in [1.165, 1.54) is 7.11 Å². The molecule has 0 fully saturated rings. The highest BCUT2D eigenvalue weighted by Gasteiger charge is 2.11. The third-order valence-electron chi connectivity index (χ3n) is 1.22. The molecule has 0 unspecified atom stereocenters. The number of esters is 1. The number of methoxy groups -OCH3 is 2. The predicted octanol–water partition coefficient (Wildman–Crippen LogP) is 0.211. The summed E-state index contributed by atoms with van der Waals surface area (Å²) in [6.07, 6.45) is -0.494. The molecule has 11 heavy (non-hydrogen) atoms. The molecule has 0 amide bonds. The van der Waals surface area contributed by atoms with Crippen LogP contribution in [0.2, 0.25) is 0 Å². The lowest BCUT2D eigenvalue weighted by atomic mass is 10.4. The molecule has 0 saturated carbocycles. The lowest BCUT2D eigenvalue weighted by Crippen LogP contribution is -2.23. The van der Waals surface area contributed by atoms with Crippen molar-refractivity contribution in [1.82, 2.24) is 0 Å². The quantitative estimate of drug-likeness (QED) is 0.428. The summed E-state index contributed by atoms with van der Waals surface area (Å²) < 4.78 is 14.2. The molecule has 0 saturated heterocycles. The molecule has 0 radical (unpaired) electrons. The average molecular weight is 162 g/mol. The number of ether oxygens (including phenoxy) is 3. The number of rotatable bonds is 5. The highest BCUT2D eigenvalue weighted by Crippen LogP contribution is 1.91. The van der Waals surface area contributed by atoms with E-state index < -0.39 is 6.10 Å². The lowest BCUT2D eigenvalue weighted by Gasteiger charge is -2.08. The third kappa shape index (κ3) is 4.75. The van der Waals surface area contributed by atoms with Crippen LogP contribution in [0.25, 0.3) is 0 Å². The van der Waals surface area contributed by atoms with Gasteiger partial charge in [-0.2, -0.15) is 0 Å². The van der Waals surface area contributed by atoms with Crippen molar-refractivity contribution in [1.29, 1.82) is 0 Å². The molecule has 0 aromatic heterocycles. The van der Waals surface area contributed by atoms with Gasteiger partial charge in [-0.25, -0.2) is 4.79 Å². The van der Waals surface area contributed by atoms with Crippen LogP contribution in [-0.2, 0) is 19.0 Å². The van der Waals surface area contributed by atoms with Crippen LogP contribution in [0.3, 0.4) is 0 Å². The molecule has 0 heterocycles. The van der Waals surface area contributed by atoms with Crippen molar-refractivity contribution >= 4 is 5.97 Å². The maximum absolute atomic E-state index is 10.8.